The molecule has 0 atom stereocenters. The number of thiophene rings is 1. The summed E-state index contributed by atoms with van der Waals surface area (Å²) in [6, 6.07) is 3.76. The molecule has 0 aliphatic rings. The smallest absolute Gasteiger partial charge is 0.263 e. The van der Waals surface area contributed by atoms with E-state index in [1.165, 1.54) is 11.3 Å². The molecule has 0 bridgehead atoms. The number of halogens is 1. The molecule has 0 N–H and O–H groups in total. The molecule has 1 amide bonds. The number of alkyl halides is 1. The predicted molar refractivity (Wildman–Crippen MR) is 65.9 cm³/mol. The quantitative estimate of drug-likeness (QED) is 0.705. The molecule has 0 aliphatic carbocycles. The zero-order chi connectivity index (χ0) is 11.1. The van der Waals surface area contributed by atoms with Gasteiger partial charge in [-0.25, -0.2) is 0 Å². The van der Waals surface area contributed by atoms with Crippen LogP contribution >= 0.6 is 22.9 Å². The molecule has 0 aromatic carbocycles. The van der Waals surface area contributed by atoms with Crippen LogP contribution in [0.4, 0.5) is 0 Å². The van der Waals surface area contributed by atoms with E-state index in [1.54, 1.807) is 0 Å². The Morgan fingerprint density at radius 3 is 2.87 bits per heavy atom. The monoisotopic (exact) mass is 245 g/mol. The van der Waals surface area contributed by atoms with E-state index in [2.05, 4.69) is 6.92 Å². The third-order valence-electron chi connectivity index (χ3n) is 2.16. The molecule has 1 heterocycles. The summed E-state index contributed by atoms with van der Waals surface area (Å²) in [5.74, 6) is 0.611. The van der Waals surface area contributed by atoms with Gasteiger partial charge in [0.05, 0.1) is 4.88 Å². The molecule has 4 heteroatoms. The molecule has 0 saturated carbocycles. The van der Waals surface area contributed by atoms with Gasteiger partial charge in [0.25, 0.3) is 5.91 Å². The van der Waals surface area contributed by atoms with Crippen LogP contribution in [0.15, 0.2) is 17.5 Å². The third kappa shape index (κ3) is 3.84. The van der Waals surface area contributed by atoms with Crippen molar-refractivity contribution in [3.05, 3.63) is 22.4 Å². The minimum atomic E-state index is 0.110. The average Bonchev–Trinajstić information content (AvgIpc) is 2.76. The van der Waals surface area contributed by atoms with Crippen molar-refractivity contribution in [2.75, 3.05) is 19.0 Å². The Morgan fingerprint density at radius 1 is 1.53 bits per heavy atom. The van der Waals surface area contributed by atoms with Crippen molar-refractivity contribution in [2.45, 2.75) is 19.8 Å². The largest absolute Gasteiger partial charge is 0.337 e. The van der Waals surface area contributed by atoms with Crippen LogP contribution in [0.1, 0.15) is 29.4 Å². The van der Waals surface area contributed by atoms with Crippen LogP contribution in [0.3, 0.4) is 0 Å². The van der Waals surface area contributed by atoms with E-state index in [0.29, 0.717) is 12.4 Å². The maximum absolute atomic E-state index is 12.0. The number of amides is 1. The van der Waals surface area contributed by atoms with E-state index in [4.69, 9.17) is 11.6 Å². The second kappa shape index (κ2) is 6.85. The van der Waals surface area contributed by atoms with Crippen molar-refractivity contribution in [1.29, 1.82) is 0 Å². The van der Waals surface area contributed by atoms with Crippen LogP contribution in [-0.2, 0) is 0 Å². The minimum Gasteiger partial charge on any atom is -0.337 e. The van der Waals surface area contributed by atoms with E-state index in [9.17, 15) is 4.79 Å². The second-order valence-electron chi connectivity index (χ2n) is 3.31. The Hall–Kier alpha value is -0.540. The summed E-state index contributed by atoms with van der Waals surface area (Å²) in [5, 5.41) is 1.92. The second-order valence-corrected chi connectivity index (χ2v) is 4.64. The van der Waals surface area contributed by atoms with Crippen LogP contribution in [0.5, 0.6) is 0 Å². The van der Waals surface area contributed by atoms with Crippen molar-refractivity contribution in [3.63, 3.8) is 0 Å². The Balaban J connectivity index is 2.58. The molecule has 84 valence electrons. The van der Waals surface area contributed by atoms with Gasteiger partial charge in [-0.2, -0.15) is 0 Å². The predicted octanol–water partition coefficient (Wildman–Crippen LogP) is 3.23. The maximum Gasteiger partial charge on any atom is 0.263 e. The molecule has 0 spiro atoms. The highest BCUT2D eigenvalue weighted by Crippen LogP contribution is 2.12. The number of hydrogen-bond donors (Lipinski definition) is 0. The first-order valence-electron chi connectivity index (χ1n) is 5.18. The number of unbranched alkanes of at least 4 members (excludes halogenated alkanes) is 1. The summed E-state index contributed by atoms with van der Waals surface area (Å²) in [7, 11) is 0. The van der Waals surface area contributed by atoms with Gasteiger partial charge in [0.1, 0.15) is 0 Å². The molecular weight excluding hydrogens is 230 g/mol. The van der Waals surface area contributed by atoms with Gasteiger partial charge >= 0.3 is 0 Å². The lowest BCUT2D eigenvalue weighted by Gasteiger charge is -2.20. The molecule has 0 radical (unpaired) electrons. The number of carbonyl (C=O) groups excluding carboxylic acids is 1. The van der Waals surface area contributed by atoms with Gasteiger partial charge in [0.15, 0.2) is 0 Å². The Bertz CT molecular complexity index is 287. The van der Waals surface area contributed by atoms with Gasteiger partial charge in [-0.3, -0.25) is 4.79 Å². The molecule has 15 heavy (non-hydrogen) atoms. The van der Waals surface area contributed by atoms with Crippen molar-refractivity contribution >= 4 is 28.8 Å². The van der Waals surface area contributed by atoms with E-state index >= 15 is 0 Å². The lowest BCUT2D eigenvalue weighted by molar-refractivity contribution is 0.0768. The molecule has 0 aliphatic heterocycles. The minimum absolute atomic E-state index is 0.110. The first-order chi connectivity index (χ1) is 7.29. The molecule has 2 nitrogen and oxygen atoms in total. The lowest BCUT2D eigenvalue weighted by Crippen LogP contribution is -2.33. The summed E-state index contributed by atoms with van der Waals surface area (Å²) >= 11 is 7.17. The summed E-state index contributed by atoms with van der Waals surface area (Å²) in [6.45, 7) is 3.56. The van der Waals surface area contributed by atoms with Crippen molar-refractivity contribution in [1.82, 2.24) is 4.90 Å². The van der Waals surface area contributed by atoms with Gasteiger partial charge < -0.3 is 4.90 Å². The fourth-order valence-electron chi connectivity index (χ4n) is 1.32. The molecule has 1 rings (SSSR count). The molecule has 0 unspecified atom stereocenters. The molecule has 1 aromatic rings. The van der Waals surface area contributed by atoms with Gasteiger partial charge in [-0.05, 0) is 17.9 Å². The number of nitrogens with zero attached hydrogens (tertiary/aromatic N) is 1. The summed E-state index contributed by atoms with van der Waals surface area (Å²) in [6.07, 6.45) is 2.13. The zero-order valence-corrected chi connectivity index (χ0v) is 10.5. The Labute approximate surface area is 99.9 Å². The number of carbonyl (C=O) groups is 1. The van der Waals surface area contributed by atoms with E-state index < -0.39 is 0 Å². The average molecular weight is 246 g/mol. The van der Waals surface area contributed by atoms with Crippen molar-refractivity contribution < 1.29 is 4.79 Å². The van der Waals surface area contributed by atoms with Crippen LogP contribution in [0.25, 0.3) is 0 Å². The molecule has 0 fully saturated rings. The van der Waals surface area contributed by atoms with Crippen molar-refractivity contribution in [2.24, 2.45) is 0 Å². The highest BCUT2D eigenvalue weighted by molar-refractivity contribution is 7.12. The van der Waals surface area contributed by atoms with Crippen LogP contribution < -0.4 is 0 Å². The number of hydrogen-bond acceptors (Lipinski definition) is 2. The fourth-order valence-corrected chi connectivity index (χ4v) is 2.22. The van der Waals surface area contributed by atoms with E-state index in [0.717, 1.165) is 24.3 Å². The van der Waals surface area contributed by atoms with Crippen LogP contribution in [-0.4, -0.2) is 29.8 Å². The van der Waals surface area contributed by atoms with Crippen LogP contribution in [0, 0.1) is 0 Å². The highest BCUT2D eigenvalue weighted by atomic mass is 35.5. The molecular formula is C11H16ClNOS. The molecule has 1 aromatic heterocycles. The van der Waals surface area contributed by atoms with Crippen LogP contribution in [0.2, 0.25) is 0 Å². The SMILES string of the molecule is CCCCN(CCCl)C(=O)c1cccs1. The Kier molecular flexibility index (Phi) is 5.73. The first kappa shape index (κ1) is 12.5. The van der Waals surface area contributed by atoms with Gasteiger partial charge in [0, 0.05) is 19.0 Å². The summed E-state index contributed by atoms with van der Waals surface area (Å²) < 4.78 is 0. The summed E-state index contributed by atoms with van der Waals surface area (Å²) in [5.41, 5.74) is 0. The zero-order valence-electron chi connectivity index (χ0n) is 8.91. The lowest BCUT2D eigenvalue weighted by atomic mass is 10.3. The fraction of sp³-hybridized carbons (Fsp3) is 0.545. The topological polar surface area (TPSA) is 20.3 Å². The third-order valence-corrected chi connectivity index (χ3v) is 3.18. The van der Waals surface area contributed by atoms with E-state index in [-0.39, 0.29) is 5.91 Å². The van der Waals surface area contributed by atoms with Gasteiger partial charge in [-0.15, -0.1) is 22.9 Å². The standard InChI is InChI=1S/C11H16ClNOS/c1-2-3-7-13(8-6-12)11(14)10-5-4-9-15-10/h4-5,9H,2-3,6-8H2,1H3. The van der Waals surface area contributed by atoms with Gasteiger partial charge in [0.2, 0.25) is 0 Å². The molecule has 0 saturated heterocycles. The summed E-state index contributed by atoms with van der Waals surface area (Å²) in [4.78, 5) is 14.6. The Morgan fingerprint density at radius 2 is 2.33 bits per heavy atom. The maximum atomic E-state index is 12.0. The number of rotatable bonds is 6. The highest BCUT2D eigenvalue weighted by Gasteiger charge is 2.14. The van der Waals surface area contributed by atoms with Crippen molar-refractivity contribution in [3.8, 4) is 0 Å². The normalized spacial score (nSPS) is 10.3. The first-order valence-corrected chi connectivity index (χ1v) is 6.59. The van der Waals surface area contributed by atoms with E-state index in [1.807, 2.05) is 22.4 Å². The van der Waals surface area contributed by atoms with Gasteiger partial charge in [-0.1, -0.05) is 19.4 Å².